The van der Waals surface area contributed by atoms with Crippen molar-refractivity contribution in [3.8, 4) is 0 Å². The molecule has 168 valence electrons. The van der Waals surface area contributed by atoms with Gasteiger partial charge in [-0.05, 0) is 106 Å². The van der Waals surface area contributed by atoms with Crippen LogP contribution in [-0.2, 0) is 0 Å². The Morgan fingerprint density at radius 1 is 1.21 bits per heavy atom. The molecule has 0 aromatic carbocycles. The molecular formula is C27H48OS. The summed E-state index contributed by atoms with van der Waals surface area (Å²) in [5.74, 6) is 4.00. The molecule has 3 rings (SSSR count). The van der Waals surface area contributed by atoms with Crippen LogP contribution in [0.3, 0.4) is 0 Å². The molecule has 0 saturated heterocycles. The zero-order valence-corrected chi connectivity index (χ0v) is 21.2. The number of aliphatic hydroxyl groups is 1. The molecule has 0 amide bonds. The lowest BCUT2D eigenvalue weighted by atomic mass is 9.52. The van der Waals surface area contributed by atoms with Crippen LogP contribution in [0.4, 0.5) is 0 Å². The van der Waals surface area contributed by atoms with Crippen molar-refractivity contribution in [1.82, 2.24) is 0 Å². The zero-order chi connectivity index (χ0) is 21.6. The van der Waals surface area contributed by atoms with Crippen molar-refractivity contribution in [2.24, 2.45) is 40.4 Å². The molecule has 3 aliphatic carbocycles. The first-order valence-corrected chi connectivity index (χ1v) is 13.0. The summed E-state index contributed by atoms with van der Waals surface area (Å²) in [6.45, 7) is 16.6. The summed E-state index contributed by atoms with van der Waals surface area (Å²) in [6.07, 6.45) is 14.0. The van der Waals surface area contributed by atoms with Crippen LogP contribution in [0.5, 0.6) is 0 Å². The normalized spacial score (nSPS) is 41.0. The molecule has 7 atom stereocenters. The van der Waals surface area contributed by atoms with E-state index < -0.39 is 5.60 Å². The van der Waals surface area contributed by atoms with E-state index in [0.29, 0.717) is 22.0 Å². The maximum absolute atomic E-state index is 10.2. The molecule has 2 saturated carbocycles. The van der Waals surface area contributed by atoms with E-state index in [1.54, 1.807) is 5.57 Å². The summed E-state index contributed by atoms with van der Waals surface area (Å²) in [5, 5.41) is 10.8. The van der Waals surface area contributed by atoms with Gasteiger partial charge in [0.1, 0.15) is 0 Å². The summed E-state index contributed by atoms with van der Waals surface area (Å²) >= 11 is 4.83. The van der Waals surface area contributed by atoms with E-state index >= 15 is 0 Å². The fourth-order valence-corrected chi connectivity index (χ4v) is 8.34. The van der Waals surface area contributed by atoms with E-state index in [2.05, 4.69) is 40.7 Å². The average Bonchev–Trinajstić information content (AvgIpc) is 2.93. The molecule has 2 fully saturated rings. The van der Waals surface area contributed by atoms with Crippen LogP contribution in [-0.4, -0.2) is 16.0 Å². The van der Waals surface area contributed by atoms with E-state index in [1.165, 1.54) is 44.9 Å². The first kappa shape index (κ1) is 23.7. The molecule has 1 N–H and O–H groups in total. The number of hydrogen-bond donors (Lipinski definition) is 2. The van der Waals surface area contributed by atoms with Gasteiger partial charge in [0, 0.05) is 5.25 Å². The van der Waals surface area contributed by atoms with E-state index in [-0.39, 0.29) is 0 Å². The largest absolute Gasteiger partial charge is 0.390 e. The molecule has 1 nitrogen and oxygen atoms in total. The van der Waals surface area contributed by atoms with E-state index in [0.717, 1.165) is 36.5 Å². The lowest BCUT2D eigenvalue weighted by Gasteiger charge is -2.54. The van der Waals surface area contributed by atoms with Crippen molar-refractivity contribution >= 4 is 12.6 Å². The molecule has 2 heteroatoms. The smallest absolute Gasteiger partial charge is 0.0591 e. The molecule has 0 aromatic heterocycles. The van der Waals surface area contributed by atoms with Gasteiger partial charge in [0.05, 0.1) is 5.60 Å². The monoisotopic (exact) mass is 420 g/mol. The summed E-state index contributed by atoms with van der Waals surface area (Å²) in [7, 11) is 0. The van der Waals surface area contributed by atoms with Crippen molar-refractivity contribution in [1.29, 1.82) is 0 Å². The summed E-state index contributed by atoms with van der Waals surface area (Å²) in [6, 6.07) is 0. The Hall–Kier alpha value is 0.0500. The molecule has 0 aromatic rings. The van der Waals surface area contributed by atoms with Crippen molar-refractivity contribution in [3.05, 3.63) is 11.6 Å². The van der Waals surface area contributed by atoms with Crippen LogP contribution in [0.2, 0.25) is 0 Å². The fraction of sp³-hybridized carbons (Fsp3) is 0.926. The third-order valence-corrected chi connectivity index (χ3v) is 10.2. The summed E-state index contributed by atoms with van der Waals surface area (Å²) in [5.41, 5.74) is 2.02. The molecule has 0 spiro atoms. The molecule has 4 unspecified atom stereocenters. The van der Waals surface area contributed by atoms with E-state index in [1.807, 2.05) is 13.8 Å². The van der Waals surface area contributed by atoms with Crippen molar-refractivity contribution < 1.29 is 5.11 Å². The second-order valence-electron chi connectivity index (χ2n) is 12.4. The molecule has 0 radical (unpaired) electrons. The Morgan fingerprint density at radius 2 is 1.90 bits per heavy atom. The van der Waals surface area contributed by atoms with Gasteiger partial charge < -0.3 is 5.11 Å². The van der Waals surface area contributed by atoms with Gasteiger partial charge in [-0.3, -0.25) is 0 Å². The highest BCUT2D eigenvalue weighted by Crippen LogP contribution is 2.62. The van der Waals surface area contributed by atoms with Crippen LogP contribution in [0.25, 0.3) is 0 Å². The van der Waals surface area contributed by atoms with Gasteiger partial charge in [0.15, 0.2) is 0 Å². The standard InChI is InChI=1S/C27H48OS/c1-8-22-21(10-9-19-17-20(29)14-16-27(19,22)7)24-12-11-23(26(24,5)6)18(2)13-15-25(3,4)28/h9,18,20-24,28-29H,8,10-17H2,1-7H3/t18?,20-,21?,22?,23+,24?,27-/m0/s1. The fourth-order valence-electron chi connectivity index (χ4n) is 8.01. The van der Waals surface area contributed by atoms with Crippen LogP contribution >= 0.6 is 12.6 Å². The molecule has 29 heavy (non-hydrogen) atoms. The minimum atomic E-state index is -0.533. The molecule has 0 heterocycles. The van der Waals surface area contributed by atoms with E-state index in [4.69, 9.17) is 12.6 Å². The minimum absolute atomic E-state index is 0.402. The van der Waals surface area contributed by atoms with Crippen molar-refractivity contribution in [2.75, 3.05) is 0 Å². The zero-order valence-electron chi connectivity index (χ0n) is 20.3. The number of hydrogen-bond acceptors (Lipinski definition) is 2. The van der Waals surface area contributed by atoms with Gasteiger partial charge in [0.25, 0.3) is 0 Å². The second-order valence-corrected chi connectivity index (χ2v) is 13.1. The number of thiol groups is 1. The minimum Gasteiger partial charge on any atom is -0.390 e. The lowest BCUT2D eigenvalue weighted by molar-refractivity contribution is 0.0111. The van der Waals surface area contributed by atoms with Gasteiger partial charge in [-0.15, -0.1) is 0 Å². The van der Waals surface area contributed by atoms with E-state index in [9.17, 15) is 5.11 Å². The number of rotatable bonds is 6. The molecule has 3 aliphatic rings. The molecule has 0 bridgehead atoms. The third-order valence-electron chi connectivity index (χ3n) is 9.71. The number of allylic oxidation sites excluding steroid dienone is 2. The Morgan fingerprint density at radius 3 is 2.52 bits per heavy atom. The molecule has 0 aliphatic heterocycles. The van der Waals surface area contributed by atoms with Gasteiger partial charge in [-0.2, -0.15) is 12.6 Å². The van der Waals surface area contributed by atoms with Crippen LogP contribution < -0.4 is 0 Å². The van der Waals surface area contributed by atoms with Gasteiger partial charge >= 0.3 is 0 Å². The van der Waals surface area contributed by atoms with Crippen molar-refractivity contribution in [2.45, 2.75) is 117 Å². The quantitative estimate of drug-likeness (QED) is 0.333. The van der Waals surface area contributed by atoms with Crippen LogP contribution in [0, 0.1) is 40.4 Å². The summed E-state index contributed by atoms with van der Waals surface area (Å²) in [4.78, 5) is 0. The maximum atomic E-state index is 10.2. The Labute approximate surface area is 186 Å². The Bertz CT molecular complexity index is 600. The Balaban J connectivity index is 1.78. The SMILES string of the molecule is CCC1C(C2CC[C@H](C(C)CCC(C)(C)O)C2(C)C)CC=C2C[C@@H](S)CC[C@@]21C. The summed E-state index contributed by atoms with van der Waals surface area (Å²) < 4.78 is 0. The predicted molar refractivity (Wildman–Crippen MR) is 129 cm³/mol. The maximum Gasteiger partial charge on any atom is 0.0591 e. The van der Waals surface area contributed by atoms with Crippen LogP contribution in [0.1, 0.15) is 106 Å². The third kappa shape index (κ3) is 4.64. The predicted octanol–water partition coefficient (Wildman–Crippen LogP) is 7.69. The molecular weight excluding hydrogens is 372 g/mol. The topological polar surface area (TPSA) is 20.2 Å². The highest BCUT2D eigenvalue weighted by atomic mass is 32.1. The average molecular weight is 421 g/mol. The van der Waals surface area contributed by atoms with Crippen LogP contribution in [0.15, 0.2) is 11.6 Å². The van der Waals surface area contributed by atoms with Crippen molar-refractivity contribution in [3.63, 3.8) is 0 Å². The first-order chi connectivity index (χ1) is 13.4. The van der Waals surface area contributed by atoms with Gasteiger partial charge in [-0.1, -0.05) is 52.7 Å². The first-order valence-electron chi connectivity index (χ1n) is 12.5. The Kier molecular flexibility index (Phi) is 6.97. The second kappa shape index (κ2) is 8.53. The lowest BCUT2D eigenvalue weighted by Crippen LogP contribution is -2.46. The number of fused-ring (bicyclic) bond motifs is 1. The highest BCUT2D eigenvalue weighted by Gasteiger charge is 2.54. The van der Waals surface area contributed by atoms with Gasteiger partial charge in [0.2, 0.25) is 0 Å². The highest BCUT2D eigenvalue weighted by molar-refractivity contribution is 7.80. The van der Waals surface area contributed by atoms with Gasteiger partial charge in [-0.25, -0.2) is 0 Å².